The van der Waals surface area contributed by atoms with E-state index in [-0.39, 0.29) is 0 Å². The molecule has 1 unspecified atom stereocenters. The monoisotopic (exact) mass is 237 g/mol. The van der Waals surface area contributed by atoms with Crippen molar-refractivity contribution in [3.8, 4) is 0 Å². The Kier molecular flexibility index (Phi) is 2.29. The Bertz CT molecular complexity index is 428. The van der Waals surface area contributed by atoms with Crippen LogP contribution >= 0.6 is 15.9 Å². The molecule has 1 atom stereocenters. The van der Waals surface area contributed by atoms with Crippen LogP contribution in [0.25, 0.3) is 10.9 Å². The van der Waals surface area contributed by atoms with Gasteiger partial charge in [-0.3, -0.25) is 0 Å². The van der Waals surface area contributed by atoms with E-state index in [0.29, 0.717) is 5.69 Å². The van der Waals surface area contributed by atoms with Crippen LogP contribution in [0, 0.1) is 0 Å². The fourth-order valence-corrected chi connectivity index (χ4v) is 1.47. The number of alkyl halides is 1. The molecule has 1 N–H and O–H groups in total. The summed E-state index contributed by atoms with van der Waals surface area (Å²) in [5.41, 5.74) is 1.54. The predicted octanol–water partition coefficient (Wildman–Crippen LogP) is 2.62. The molecule has 2 nitrogen and oxygen atoms in total. The normalized spacial score (nSPS) is 13.1. The minimum atomic E-state index is -0.683. The van der Waals surface area contributed by atoms with Crippen molar-refractivity contribution in [2.75, 3.05) is 0 Å². The maximum Gasteiger partial charge on any atom is 0.151 e. The Labute approximate surface area is 84.4 Å². The van der Waals surface area contributed by atoms with Crippen LogP contribution in [-0.4, -0.2) is 10.1 Å². The van der Waals surface area contributed by atoms with Gasteiger partial charge in [-0.2, -0.15) is 0 Å². The van der Waals surface area contributed by atoms with Gasteiger partial charge in [0.2, 0.25) is 0 Å². The predicted molar refractivity (Wildman–Crippen MR) is 55.6 cm³/mol. The summed E-state index contributed by atoms with van der Waals surface area (Å²) in [6.07, 6.45) is 0. The zero-order chi connectivity index (χ0) is 9.26. The number of pyridine rings is 1. The highest BCUT2D eigenvalue weighted by Crippen LogP contribution is 2.19. The lowest BCUT2D eigenvalue weighted by molar-refractivity contribution is 0.272. The van der Waals surface area contributed by atoms with E-state index < -0.39 is 5.01 Å². The Balaban J connectivity index is 2.62. The molecule has 0 aliphatic heterocycles. The lowest BCUT2D eigenvalue weighted by Crippen LogP contribution is -1.91. The third-order valence-electron chi connectivity index (χ3n) is 1.86. The number of nitrogens with zero attached hydrogens (tertiary/aromatic N) is 1. The van der Waals surface area contributed by atoms with Crippen molar-refractivity contribution in [1.82, 2.24) is 4.98 Å². The van der Waals surface area contributed by atoms with Crippen molar-refractivity contribution in [3.63, 3.8) is 0 Å². The summed E-state index contributed by atoms with van der Waals surface area (Å²) >= 11 is 3.06. The van der Waals surface area contributed by atoms with E-state index in [1.807, 2.05) is 36.4 Å². The van der Waals surface area contributed by atoms with E-state index in [2.05, 4.69) is 20.9 Å². The van der Waals surface area contributed by atoms with Gasteiger partial charge in [0.15, 0.2) is 5.01 Å². The van der Waals surface area contributed by atoms with Gasteiger partial charge in [-0.15, -0.1) is 0 Å². The van der Waals surface area contributed by atoms with Crippen molar-refractivity contribution in [2.45, 2.75) is 5.01 Å². The van der Waals surface area contributed by atoms with Crippen LogP contribution in [0.15, 0.2) is 36.4 Å². The molecule has 0 amide bonds. The van der Waals surface area contributed by atoms with Gasteiger partial charge in [0.05, 0.1) is 11.2 Å². The second-order valence-corrected chi connectivity index (χ2v) is 3.63. The lowest BCUT2D eigenvalue weighted by atomic mass is 10.2. The molecule has 0 fully saturated rings. The average Bonchev–Trinajstić information content (AvgIpc) is 2.17. The van der Waals surface area contributed by atoms with E-state index in [9.17, 15) is 5.11 Å². The molecule has 66 valence electrons. The Morgan fingerprint density at radius 2 is 1.92 bits per heavy atom. The number of benzene rings is 1. The largest absolute Gasteiger partial charge is 0.376 e. The number of rotatable bonds is 1. The van der Waals surface area contributed by atoms with Gasteiger partial charge in [0.25, 0.3) is 0 Å². The summed E-state index contributed by atoms with van der Waals surface area (Å²) < 4.78 is 0. The third-order valence-corrected chi connectivity index (χ3v) is 2.33. The van der Waals surface area contributed by atoms with Gasteiger partial charge in [0.1, 0.15) is 0 Å². The summed E-state index contributed by atoms with van der Waals surface area (Å²) in [5.74, 6) is 0. The smallest absolute Gasteiger partial charge is 0.151 e. The molecular formula is C10H8BrNO. The lowest BCUT2D eigenvalue weighted by Gasteiger charge is -2.03. The molecule has 1 aromatic heterocycles. The van der Waals surface area contributed by atoms with Gasteiger partial charge in [-0.1, -0.05) is 40.2 Å². The number of para-hydroxylation sites is 1. The molecule has 3 heteroatoms. The zero-order valence-electron chi connectivity index (χ0n) is 6.81. The van der Waals surface area contributed by atoms with E-state index in [4.69, 9.17) is 0 Å². The second-order valence-electron chi connectivity index (χ2n) is 2.76. The quantitative estimate of drug-likeness (QED) is 0.774. The number of fused-ring (bicyclic) bond motifs is 1. The maximum absolute atomic E-state index is 9.24. The van der Waals surface area contributed by atoms with Gasteiger partial charge in [-0.05, 0) is 12.1 Å². The fourth-order valence-electron chi connectivity index (χ4n) is 1.21. The summed E-state index contributed by atoms with van der Waals surface area (Å²) in [7, 11) is 0. The van der Waals surface area contributed by atoms with Gasteiger partial charge in [0, 0.05) is 5.39 Å². The van der Waals surface area contributed by atoms with Crippen LogP contribution in [0.3, 0.4) is 0 Å². The molecule has 0 saturated carbocycles. The molecule has 2 rings (SSSR count). The molecule has 1 aromatic carbocycles. The SMILES string of the molecule is OC(Br)c1ccc2ccccc2n1. The Morgan fingerprint density at radius 1 is 1.15 bits per heavy atom. The molecule has 0 aliphatic rings. The summed E-state index contributed by atoms with van der Waals surface area (Å²) in [4.78, 5) is 4.28. The first-order valence-electron chi connectivity index (χ1n) is 3.95. The molecule has 0 saturated heterocycles. The minimum Gasteiger partial charge on any atom is -0.376 e. The van der Waals surface area contributed by atoms with Crippen LogP contribution in [-0.2, 0) is 0 Å². The number of aliphatic hydroxyl groups is 1. The van der Waals surface area contributed by atoms with Crippen molar-refractivity contribution in [3.05, 3.63) is 42.1 Å². The Morgan fingerprint density at radius 3 is 2.69 bits per heavy atom. The topological polar surface area (TPSA) is 33.1 Å². The number of aliphatic hydroxyl groups excluding tert-OH is 1. The van der Waals surface area contributed by atoms with Crippen molar-refractivity contribution in [1.29, 1.82) is 0 Å². The molecule has 0 spiro atoms. The molecule has 0 radical (unpaired) electrons. The summed E-state index contributed by atoms with van der Waals surface area (Å²) in [6.45, 7) is 0. The highest BCUT2D eigenvalue weighted by Gasteiger charge is 2.03. The van der Waals surface area contributed by atoms with Crippen LogP contribution in [0.1, 0.15) is 10.7 Å². The van der Waals surface area contributed by atoms with Gasteiger partial charge < -0.3 is 5.11 Å². The van der Waals surface area contributed by atoms with Crippen molar-refractivity contribution < 1.29 is 5.11 Å². The van der Waals surface area contributed by atoms with Crippen LogP contribution in [0.4, 0.5) is 0 Å². The second kappa shape index (κ2) is 3.44. The molecule has 0 aliphatic carbocycles. The average molecular weight is 238 g/mol. The highest BCUT2D eigenvalue weighted by molar-refractivity contribution is 9.09. The summed E-state index contributed by atoms with van der Waals surface area (Å²) in [6, 6.07) is 11.6. The fraction of sp³-hybridized carbons (Fsp3) is 0.100. The van der Waals surface area contributed by atoms with E-state index in [1.54, 1.807) is 0 Å². The van der Waals surface area contributed by atoms with Crippen LogP contribution in [0.2, 0.25) is 0 Å². The summed E-state index contributed by atoms with van der Waals surface area (Å²) in [5, 5.41) is 9.64. The van der Waals surface area contributed by atoms with Crippen molar-refractivity contribution >= 4 is 26.8 Å². The minimum absolute atomic E-state index is 0.638. The van der Waals surface area contributed by atoms with E-state index >= 15 is 0 Å². The number of halogens is 1. The van der Waals surface area contributed by atoms with E-state index in [0.717, 1.165) is 10.9 Å². The number of hydrogen-bond donors (Lipinski definition) is 1. The highest BCUT2D eigenvalue weighted by atomic mass is 79.9. The molecular weight excluding hydrogens is 230 g/mol. The van der Waals surface area contributed by atoms with Crippen molar-refractivity contribution in [2.24, 2.45) is 0 Å². The third kappa shape index (κ3) is 1.71. The van der Waals surface area contributed by atoms with Gasteiger partial charge >= 0.3 is 0 Å². The van der Waals surface area contributed by atoms with Crippen LogP contribution < -0.4 is 0 Å². The first kappa shape index (κ1) is 8.66. The first-order chi connectivity index (χ1) is 6.27. The number of aromatic nitrogens is 1. The first-order valence-corrected chi connectivity index (χ1v) is 4.87. The maximum atomic E-state index is 9.24. The Hall–Kier alpha value is -0.930. The van der Waals surface area contributed by atoms with Crippen LogP contribution in [0.5, 0.6) is 0 Å². The van der Waals surface area contributed by atoms with E-state index in [1.165, 1.54) is 0 Å². The zero-order valence-corrected chi connectivity index (χ0v) is 8.40. The van der Waals surface area contributed by atoms with Gasteiger partial charge in [-0.25, -0.2) is 4.98 Å². The standard InChI is InChI=1S/C10H8BrNO/c11-10(13)9-6-5-7-3-1-2-4-8(7)12-9/h1-6,10,13H. The molecule has 1 heterocycles. The number of hydrogen-bond acceptors (Lipinski definition) is 2. The molecule has 13 heavy (non-hydrogen) atoms. The molecule has 2 aromatic rings. The molecule has 0 bridgehead atoms.